The zero-order chi connectivity index (χ0) is 47.0. The molecule has 3 nitrogen and oxygen atoms in total. The first-order valence-corrected chi connectivity index (χ1v) is 24.6. The minimum atomic E-state index is -0.316. The smallest absolute Gasteiger partial charge is 0.144 e. The number of rotatable bonds is 4. The Bertz CT molecular complexity index is 4050. The molecule has 0 amide bonds. The number of fused-ring (bicyclic) bond motifs is 19. The second-order valence-corrected chi connectivity index (χ2v) is 21.9. The third-order valence-corrected chi connectivity index (χ3v) is 16.5. The molecule has 11 aromatic rings. The van der Waals surface area contributed by atoms with Crippen LogP contribution in [0, 0.1) is 20.8 Å². The van der Waals surface area contributed by atoms with Gasteiger partial charge in [0.25, 0.3) is 0 Å². The summed E-state index contributed by atoms with van der Waals surface area (Å²) >= 11 is 0. The summed E-state index contributed by atoms with van der Waals surface area (Å²) in [4.78, 5) is 2.48. The highest BCUT2D eigenvalue weighted by atomic mass is 16.3. The van der Waals surface area contributed by atoms with Gasteiger partial charge in [-0.3, -0.25) is 0 Å². The minimum Gasteiger partial charge on any atom is -0.455 e. The van der Waals surface area contributed by atoms with E-state index >= 15 is 0 Å². The average molecular weight is 892 g/mol. The van der Waals surface area contributed by atoms with Gasteiger partial charge in [-0.1, -0.05) is 161 Å². The van der Waals surface area contributed by atoms with Gasteiger partial charge >= 0.3 is 0 Å². The Labute approximate surface area is 403 Å². The molecule has 69 heavy (non-hydrogen) atoms. The van der Waals surface area contributed by atoms with Crippen molar-refractivity contribution in [3.8, 4) is 44.5 Å². The van der Waals surface area contributed by atoms with E-state index in [1.807, 2.05) is 0 Å². The van der Waals surface area contributed by atoms with E-state index in [0.29, 0.717) is 0 Å². The van der Waals surface area contributed by atoms with Gasteiger partial charge in [0.05, 0.1) is 0 Å². The Morgan fingerprint density at radius 2 is 0.870 bits per heavy atom. The summed E-state index contributed by atoms with van der Waals surface area (Å²) in [5.41, 5.74) is 28.3. The van der Waals surface area contributed by atoms with E-state index in [4.69, 9.17) is 8.83 Å². The third kappa shape index (κ3) is 5.28. The van der Waals surface area contributed by atoms with Crippen molar-refractivity contribution < 1.29 is 8.83 Å². The quantitative estimate of drug-likeness (QED) is 0.176. The lowest BCUT2D eigenvalue weighted by Crippen LogP contribution is -2.24. The van der Waals surface area contributed by atoms with Gasteiger partial charge in [-0.05, 0) is 142 Å². The standard InChI is InChI=1S/C66H53NO2/c1-36-22-24-40(25-23-36)67(41-26-28-44-50(33-41)64(4,5)52-35-48(39-31-37(2)30-38(3)32-39)62-57(55(44)52)46-17-11-14-20-53(46)68-62)42-27-29-45-51(34-42)66(8,9)60-56(45)58-47-18-12-15-21-54(47)69-63(58)59-43-16-10-13-19-49(43)65(6,7)61(59)60/h10-35H,1-9H3. The highest BCUT2D eigenvalue weighted by Gasteiger charge is 2.49. The number of para-hydroxylation sites is 2. The van der Waals surface area contributed by atoms with Crippen molar-refractivity contribution in [1.82, 2.24) is 0 Å². The van der Waals surface area contributed by atoms with Crippen LogP contribution in [0.5, 0.6) is 0 Å². The fourth-order valence-corrected chi connectivity index (χ4v) is 13.4. The van der Waals surface area contributed by atoms with Gasteiger partial charge in [0, 0.05) is 66.0 Å². The molecule has 3 aliphatic rings. The highest BCUT2D eigenvalue weighted by Crippen LogP contribution is 2.64. The van der Waals surface area contributed by atoms with Crippen molar-refractivity contribution in [2.75, 3.05) is 4.90 Å². The van der Waals surface area contributed by atoms with Gasteiger partial charge in [0.1, 0.15) is 22.3 Å². The summed E-state index contributed by atoms with van der Waals surface area (Å²) in [5, 5.41) is 4.75. The topological polar surface area (TPSA) is 29.5 Å². The molecule has 0 aliphatic heterocycles. The number of furan rings is 2. The Morgan fingerprint density at radius 1 is 0.362 bits per heavy atom. The van der Waals surface area contributed by atoms with Crippen molar-refractivity contribution >= 4 is 60.9 Å². The summed E-state index contributed by atoms with van der Waals surface area (Å²) in [6, 6.07) is 59.0. The molecular weight excluding hydrogens is 839 g/mol. The lowest BCUT2D eigenvalue weighted by molar-refractivity contribution is 0.600. The summed E-state index contributed by atoms with van der Waals surface area (Å²) in [6.07, 6.45) is 0. The van der Waals surface area contributed by atoms with Crippen LogP contribution in [-0.4, -0.2) is 0 Å². The zero-order valence-corrected chi connectivity index (χ0v) is 40.8. The van der Waals surface area contributed by atoms with Crippen molar-refractivity contribution in [3.63, 3.8) is 0 Å². The molecule has 2 aromatic heterocycles. The first kappa shape index (κ1) is 40.4. The van der Waals surface area contributed by atoms with E-state index in [0.717, 1.165) is 50.3 Å². The number of benzene rings is 9. The normalized spacial score (nSPS) is 15.4. The predicted octanol–water partition coefficient (Wildman–Crippen LogP) is 18.5. The van der Waals surface area contributed by atoms with Crippen LogP contribution in [0.4, 0.5) is 17.1 Å². The summed E-state index contributed by atoms with van der Waals surface area (Å²) in [6.45, 7) is 21.1. The van der Waals surface area contributed by atoms with Gasteiger partial charge in [0.15, 0.2) is 0 Å². The van der Waals surface area contributed by atoms with Gasteiger partial charge in [-0.25, -0.2) is 0 Å². The van der Waals surface area contributed by atoms with Crippen molar-refractivity contribution in [2.24, 2.45) is 0 Å². The van der Waals surface area contributed by atoms with E-state index in [9.17, 15) is 0 Å². The van der Waals surface area contributed by atoms with E-state index in [1.54, 1.807) is 0 Å². The van der Waals surface area contributed by atoms with Gasteiger partial charge in [-0.2, -0.15) is 0 Å². The molecule has 9 aromatic carbocycles. The van der Waals surface area contributed by atoms with E-state index in [-0.39, 0.29) is 16.2 Å². The molecule has 0 atom stereocenters. The number of aryl methyl sites for hydroxylation is 3. The molecule has 0 N–H and O–H groups in total. The van der Waals surface area contributed by atoms with Crippen LogP contribution < -0.4 is 4.90 Å². The van der Waals surface area contributed by atoms with Crippen LogP contribution in [-0.2, 0) is 16.2 Å². The van der Waals surface area contributed by atoms with Crippen LogP contribution >= 0.6 is 0 Å². The lowest BCUT2D eigenvalue weighted by Gasteiger charge is -2.32. The largest absolute Gasteiger partial charge is 0.455 e. The fraction of sp³-hybridized carbons (Fsp3) is 0.182. The first-order valence-electron chi connectivity index (χ1n) is 24.6. The summed E-state index contributed by atoms with van der Waals surface area (Å²) in [7, 11) is 0. The third-order valence-electron chi connectivity index (χ3n) is 16.5. The van der Waals surface area contributed by atoms with E-state index in [1.165, 1.54) is 105 Å². The maximum absolute atomic E-state index is 6.98. The Morgan fingerprint density at radius 3 is 1.54 bits per heavy atom. The Kier molecular flexibility index (Phi) is 7.94. The van der Waals surface area contributed by atoms with E-state index < -0.39 is 0 Å². The molecule has 0 radical (unpaired) electrons. The lowest BCUT2D eigenvalue weighted by atomic mass is 9.72. The Hall–Kier alpha value is -7.62. The Balaban J connectivity index is 0.984. The second-order valence-electron chi connectivity index (χ2n) is 21.9. The van der Waals surface area contributed by atoms with Crippen LogP contribution in [0.2, 0.25) is 0 Å². The predicted molar refractivity (Wildman–Crippen MR) is 288 cm³/mol. The average Bonchev–Trinajstić information content (AvgIpc) is 4.08. The summed E-state index contributed by atoms with van der Waals surface area (Å²) < 4.78 is 13.9. The SMILES string of the molecule is Cc1ccc(N(c2ccc3c(c2)C(C)(C)c2cc(-c4cc(C)cc(C)c4)c4oc5ccccc5c4c2-3)c2ccc3c(c2)C(C)(C)c2c4c(c5oc6ccccc6c5c2-3)-c2ccccc2C4(C)C)cc1. The van der Waals surface area contributed by atoms with Gasteiger partial charge in [0.2, 0.25) is 0 Å². The van der Waals surface area contributed by atoms with Crippen LogP contribution in [0.3, 0.4) is 0 Å². The highest BCUT2D eigenvalue weighted by molar-refractivity contribution is 6.21. The molecule has 0 saturated heterocycles. The zero-order valence-electron chi connectivity index (χ0n) is 40.8. The molecule has 3 aliphatic carbocycles. The van der Waals surface area contributed by atoms with Crippen molar-refractivity contribution in [2.45, 2.75) is 78.6 Å². The van der Waals surface area contributed by atoms with Gasteiger partial charge < -0.3 is 13.7 Å². The molecule has 0 saturated carbocycles. The maximum Gasteiger partial charge on any atom is 0.144 e. The second kappa shape index (κ2) is 13.5. The number of hydrogen-bond donors (Lipinski definition) is 0. The summed E-state index contributed by atoms with van der Waals surface area (Å²) in [5.74, 6) is 0. The molecule has 334 valence electrons. The molecule has 14 rings (SSSR count). The van der Waals surface area contributed by atoms with Crippen molar-refractivity contribution in [1.29, 1.82) is 0 Å². The van der Waals surface area contributed by atoms with Crippen LogP contribution in [0.25, 0.3) is 88.4 Å². The molecule has 0 bridgehead atoms. The molecule has 2 heterocycles. The number of nitrogens with zero attached hydrogens (tertiary/aromatic N) is 1. The van der Waals surface area contributed by atoms with Crippen LogP contribution in [0.15, 0.2) is 167 Å². The molecule has 0 unspecified atom stereocenters. The fourth-order valence-electron chi connectivity index (χ4n) is 13.4. The van der Waals surface area contributed by atoms with Crippen LogP contribution in [0.1, 0.15) is 91.6 Å². The number of hydrogen-bond acceptors (Lipinski definition) is 3. The number of anilines is 3. The van der Waals surface area contributed by atoms with Crippen molar-refractivity contribution in [3.05, 3.63) is 208 Å². The molecular formula is C66H53NO2. The maximum atomic E-state index is 6.98. The monoisotopic (exact) mass is 891 g/mol. The molecule has 3 heteroatoms. The molecule has 0 spiro atoms. The first-order chi connectivity index (χ1) is 33.2. The molecule has 0 fully saturated rings. The minimum absolute atomic E-state index is 0.220. The van der Waals surface area contributed by atoms with E-state index in [2.05, 4.69) is 225 Å². The van der Waals surface area contributed by atoms with Gasteiger partial charge in [-0.15, -0.1) is 0 Å².